The maximum absolute atomic E-state index is 14.4. The highest BCUT2D eigenvalue weighted by atomic mass is 35.5. The molecule has 4 unspecified atom stereocenters. The minimum absolute atomic E-state index is 0.0732. The number of amides is 2. The van der Waals surface area contributed by atoms with Gasteiger partial charge in [-0.25, -0.2) is 4.79 Å². The molecule has 2 heterocycles. The first-order valence-electron chi connectivity index (χ1n) is 14.6. The lowest BCUT2D eigenvalue weighted by Gasteiger charge is -2.40. The normalized spacial score (nSPS) is 19.6. The quantitative estimate of drug-likeness (QED) is 0.177. The summed E-state index contributed by atoms with van der Waals surface area (Å²) in [5.41, 5.74) is 0.407. The number of nitrogens with one attached hydrogen (secondary N) is 1. The van der Waals surface area contributed by atoms with Gasteiger partial charge in [-0.2, -0.15) is 0 Å². The van der Waals surface area contributed by atoms with Gasteiger partial charge in [-0.05, 0) is 48.0 Å². The van der Waals surface area contributed by atoms with E-state index in [1.165, 1.54) is 30.2 Å². The summed E-state index contributed by atoms with van der Waals surface area (Å²) in [6.45, 7) is -0.583. The fraction of sp³-hybridized carbons (Fsp3) is 0.235. The summed E-state index contributed by atoms with van der Waals surface area (Å²) in [6.07, 6.45) is -0.511. The van der Waals surface area contributed by atoms with E-state index in [-0.39, 0.29) is 63.5 Å². The molecular formula is C34H28Cl2N2O9. The highest BCUT2D eigenvalue weighted by molar-refractivity contribution is 6.42. The van der Waals surface area contributed by atoms with Crippen LogP contribution in [0.2, 0.25) is 10.0 Å². The van der Waals surface area contributed by atoms with Crippen molar-refractivity contribution in [2.75, 3.05) is 20.3 Å². The van der Waals surface area contributed by atoms with Gasteiger partial charge < -0.3 is 34.3 Å². The van der Waals surface area contributed by atoms with E-state index >= 15 is 0 Å². The first kappa shape index (κ1) is 32.3. The third kappa shape index (κ3) is 5.98. The highest BCUT2D eigenvalue weighted by Crippen LogP contribution is 2.51. The van der Waals surface area contributed by atoms with E-state index < -0.39 is 41.6 Å². The Morgan fingerprint density at radius 1 is 1.09 bits per heavy atom. The van der Waals surface area contributed by atoms with E-state index in [2.05, 4.69) is 5.32 Å². The van der Waals surface area contributed by atoms with Crippen LogP contribution >= 0.6 is 23.2 Å². The van der Waals surface area contributed by atoms with Crippen molar-refractivity contribution in [1.29, 1.82) is 0 Å². The predicted octanol–water partition coefficient (Wildman–Crippen LogP) is 3.89. The van der Waals surface area contributed by atoms with Crippen molar-refractivity contribution in [1.82, 2.24) is 10.2 Å². The summed E-state index contributed by atoms with van der Waals surface area (Å²) in [5.74, 6) is -1.82. The number of aliphatic hydroxyl groups excluding tert-OH is 2. The van der Waals surface area contributed by atoms with Crippen LogP contribution in [-0.4, -0.2) is 71.7 Å². The molecule has 1 aromatic heterocycles. The van der Waals surface area contributed by atoms with Gasteiger partial charge in [0.15, 0.2) is 11.5 Å². The zero-order chi connectivity index (χ0) is 33.4. The molecule has 0 bridgehead atoms. The summed E-state index contributed by atoms with van der Waals surface area (Å²) < 4.78 is 17.2. The Bertz CT molecular complexity index is 1990. The summed E-state index contributed by atoms with van der Waals surface area (Å²) in [5, 5.41) is 25.0. The molecule has 1 aliphatic heterocycles. The zero-order valence-corrected chi connectivity index (χ0v) is 26.3. The number of hydrogen-bond acceptors (Lipinski definition) is 9. The molecule has 3 N–H and O–H groups in total. The van der Waals surface area contributed by atoms with Crippen LogP contribution in [0.1, 0.15) is 37.8 Å². The van der Waals surface area contributed by atoms with Crippen LogP contribution in [-0.2, 0) is 11.3 Å². The molecule has 13 heteroatoms. The Morgan fingerprint density at radius 3 is 2.60 bits per heavy atom. The van der Waals surface area contributed by atoms with Gasteiger partial charge in [0.2, 0.25) is 5.91 Å². The van der Waals surface area contributed by atoms with Crippen molar-refractivity contribution in [2.24, 2.45) is 0 Å². The Hall–Kier alpha value is -4.68. The minimum atomic E-state index is -1.45. The number of aliphatic hydroxyl groups is 2. The second-order valence-electron chi connectivity index (χ2n) is 11.1. The Kier molecular flexibility index (Phi) is 9.07. The van der Waals surface area contributed by atoms with Crippen LogP contribution in [0.3, 0.4) is 0 Å². The van der Waals surface area contributed by atoms with Crippen LogP contribution in [0.25, 0.3) is 11.0 Å². The van der Waals surface area contributed by atoms with Crippen LogP contribution < -0.4 is 20.4 Å². The topological polar surface area (TPSA) is 156 Å². The molecular weight excluding hydrogens is 651 g/mol. The molecule has 0 saturated carbocycles. The van der Waals surface area contributed by atoms with Gasteiger partial charge >= 0.3 is 5.63 Å². The lowest BCUT2D eigenvalue weighted by Crippen LogP contribution is -2.56. The highest BCUT2D eigenvalue weighted by Gasteiger charge is 2.51. The number of rotatable bonds is 9. The van der Waals surface area contributed by atoms with E-state index in [0.717, 1.165) is 0 Å². The lowest BCUT2D eigenvalue weighted by molar-refractivity contribution is -0.118. The van der Waals surface area contributed by atoms with Crippen molar-refractivity contribution in [3.8, 4) is 11.5 Å². The third-order valence-electron chi connectivity index (χ3n) is 8.24. The Labute approximate surface area is 277 Å². The van der Waals surface area contributed by atoms with E-state index in [4.69, 9.17) is 37.1 Å². The summed E-state index contributed by atoms with van der Waals surface area (Å²) >= 11 is 12.4. The van der Waals surface area contributed by atoms with Crippen molar-refractivity contribution >= 4 is 52.3 Å². The molecule has 47 heavy (non-hydrogen) atoms. The average Bonchev–Trinajstić information content (AvgIpc) is 3.47. The van der Waals surface area contributed by atoms with E-state index in [1.54, 1.807) is 48.5 Å². The van der Waals surface area contributed by atoms with Crippen molar-refractivity contribution in [3.05, 3.63) is 115 Å². The molecule has 0 radical (unpaired) electrons. The van der Waals surface area contributed by atoms with Crippen LogP contribution in [0.15, 0.2) is 81.5 Å². The van der Waals surface area contributed by atoms with E-state index in [0.29, 0.717) is 22.8 Å². The van der Waals surface area contributed by atoms with Crippen LogP contribution in [0.4, 0.5) is 0 Å². The zero-order valence-electron chi connectivity index (χ0n) is 24.8. The van der Waals surface area contributed by atoms with E-state index in [1.807, 2.05) is 0 Å². The van der Waals surface area contributed by atoms with Crippen LogP contribution in [0.5, 0.6) is 11.5 Å². The number of ether oxygens (including phenoxy) is 2. The number of carbonyl (C=O) groups excluding carboxylic acids is 3. The van der Waals surface area contributed by atoms with Crippen LogP contribution in [0, 0.1) is 0 Å². The predicted molar refractivity (Wildman–Crippen MR) is 172 cm³/mol. The van der Waals surface area contributed by atoms with Gasteiger partial charge in [0.05, 0.1) is 35.7 Å². The molecule has 2 aliphatic rings. The molecule has 0 spiro atoms. The maximum atomic E-state index is 14.4. The number of carbonyl (C=O) groups is 3. The average molecular weight is 680 g/mol. The molecule has 4 atom stereocenters. The van der Waals surface area contributed by atoms with Gasteiger partial charge in [0, 0.05) is 35.2 Å². The first-order chi connectivity index (χ1) is 22.6. The van der Waals surface area contributed by atoms with Gasteiger partial charge in [0.1, 0.15) is 29.6 Å². The van der Waals surface area contributed by atoms with Gasteiger partial charge in [0.25, 0.3) is 5.91 Å². The summed E-state index contributed by atoms with van der Waals surface area (Å²) in [4.78, 5) is 54.2. The number of aldehydes is 1. The number of benzene rings is 3. The monoisotopic (exact) mass is 678 g/mol. The van der Waals surface area contributed by atoms with Gasteiger partial charge in [-0.1, -0.05) is 47.5 Å². The van der Waals surface area contributed by atoms with E-state index in [9.17, 15) is 29.4 Å². The maximum Gasteiger partial charge on any atom is 0.349 e. The second kappa shape index (κ2) is 13.2. The lowest BCUT2D eigenvalue weighted by atomic mass is 9.77. The minimum Gasteiger partial charge on any atom is -0.493 e. The second-order valence-corrected chi connectivity index (χ2v) is 11.9. The number of para-hydroxylation sites is 1. The molecule has 1 aliphatic carbocycles. The Balaban J connectivity index is 1.51. The van der Waals surface area contributed by atoms with Gasteiger partial charge in [-0.3, -0.25) is 14.4 Å². The number of hydrogen-bond donors (Lipinski definition) is 3. The third-order valence-corrected chi connectivity index (χ3v) is 8.98. The summed E-state index contributed by atoms with van der Waals surface area (Å²) in [7, 11) is 1.40. The molecule has 11 nitrogen and oxygen atoms in total. The SMILES string of the molecule is COc1cc(C=O)cc2c1OC1C2C(C(=O)NCCO)=CC(N(Cc2ccc(Cl)c(Cl)c2)C(=O)c2cc3ccccc3oc2=O)C1O. The van der Waals surface area contributed by atoms with Crippen molar-refractivity contribution < 1.29 is 38.5 Å². The molecule has 2 amide bonds. The molecule has 6 rings (SSSR count). The fourth-order valence-electron chi connectivity index (χ4n) is 6.07. The molecule has 3 aromatic carbocycles. The standard InChI is InChI=1S/C34H28Cl2N2O9/c1-45-27-12-18(16-40)10-20-28-21(32(42)37-8-9-39)14-25(29(41)31(28)47-30(20)27)38(15-17-6-7-23(35)24(36)11-17)33(43)22-13-19-4-2-3-5-26(19)46-34(22)44/h2-7,10-14,16,25,28-29,31,39,41H,8-9,15H2,1H3,(H,37,42). The molecule has 242 valence electrons. The smallest absolute Gasteiger partial charge is 0.349 e. The summed E-state index contributed by atoms with van der Waals surface area (Å²) in [6, 6.07) is 14.7. The Morgan fingerprint density at radius 2 is 1.87 bits per heavy atom. The molecule has 0 fully saturated rings. The van der Waals surface area contributed by atoms with Crippen molar-refractivity contribution in [3.63, 3.8) is 0 Å². The van der Waals surface area contributed by atoms with Gasteiger partial charge in [-0.15, -0.1) is 0 Å². The largest absolute Gasteiger partial charge is 0.493 e. The number of halogens is 2. The molecule has 0 saturated heterocycles. The fourth-order valence-corrected chi connectivity index (χ4v) is 6.39. The number of fused-ring (bicyclic) bond motifs is 4. The van der Waals surface area contributed by atoms with Crippen molar-refractivity contribution in [2.45, 2.75) is 30.7 Å². The number of methoxy groups -OCH3 is 1. The number of nitrogens with zero attached hydrogens (tertiary/aromatic N) is 1. The first-order valence-corrected chi connectivity index (χ1v) is 15.3. The molecule has 4 aromatic rings.